The van der Waals surface area contributed by atoms with Gasteiger partial charge in [0.25, 0.3) is 5.91 Å². The molecule has 1 fully saturated rings. The predicted octanol–water partition coefficient (Wildman–Crippen LogP) is 5.00. The summed E-state index contributed by atoms with van der Waals surface area (Å²) in [6.45, 7) is -0.378. The number of amides is 1. The highest BCUT2D eigenvalue weighted by molar-refractivity contribution is 7.18. The van der Waals surface area contributed by atoms with Crippen LogP contribution in [0.5, 0.6) is 17.2 Å². The molecule has 1 heterocycles. The average Bonchev–Trinajstić information content (AvgIpc) is 3.29. The molecule has 1 saturated carbocycles. The summed E-state index contributed by atoms with van der Waals surface area (Å²) >= 11 is 1.61. The lowest BCUT2D eigenvalue weighted by atomic mass is 9.72. The number of esters is 1. The van der Waals surface area contributed by atoms with E-state index in [9.17, 15) is 9.59 Å². The molecule has 1 amide bonds. The van der Waals surface area contributed by atoms with Gasteiger partial charge >= 0.3 is 5.97 Å². The van der Waals surface area contributed by atoms with Crippen molar-refractivity contribution in [3.05, 3.63) is 41.4 Å². The average molecular weight is 499 g/mol. The molecule has 0 radical (unpaired) electrons. The Morgan fingerprint density at radius 1 is 1.00 bits per heavy atom. The van der Waals surface area contributed by atoms with Crippen LogP contribution in [-0.2, 0) is 20.7 Å². The maximum atomic E-state index is 13.3. The summed E-state index contributed by atoms with van der Waals surface area (Å²) in [5.74, 6) is 0.468. The van der Waals surface area contributed by atoms with E-state index < -0.39 is 11.3 Å². The first-order valence-corrected chi connectivity index (χ1v) is 12.4. The first-order valence-electron chi connectivity index (χ1n) is 11.6. The molecule has 186 valence electrons. The highest BCUT2D eigenvalue weighted by atomic mass is 32.1. The van der Waals surface area contributed by atoms with Gasteiger partial charge in [-0.2, -0.15) is 0 Å². The summed E-state index contributed by atoms with van der Waals surface area (Å²) in [6, 6.07) is 11.2. The number of thiazole rings is 1. The van der Waals surface area contributed by atoms with E-state index in [0.717, 1.165) is 47.3 Å². The van der Waals surface area contributed by atoms with E-state index in [0.29, 0.717) is 29.4 Å². The second kappa shape index (κ2) is 10.9. The van der Waals surface area contributed by atoms with Crippen LogP contribution in [0, 0.1) is 5.41 Å². The summed E-state index contributed by atoms with van der Waals surface area (Å²) < 4.78 is 22.6. The number of aromatic nitrogens is 1. The number of carbonyl (C=O) groups excluding carboxylic acids is 2. The Hall–Kier alpha value is -3.33. The third-order valence-electron chi connectivity index (χ3n) is 6.35. The molecule has 3 aromatic rings. The summed E-state index contributed by atoms with van der Waals surface area (Å²) in [5, 5.41) is 3.66. The predicted molar refractivity (Wildman–Crippen MR) is 135 cm³/mol. The number of nitrogens with zero attached hydrogens (tertiary/aromatic N) is 1. The van der Waals surface area contributed by atoms with Crippen molar-refractivity contribution >= 4 is 39.1 Å². The minimum Gasteiger partial charge on any atom is -0.493 e. The van der Waals surface area contributed by atoms with Crippen molar-refractivity contribution in [1.82, 2.24) is 4.98 Å². The summed E-state index contributed by atoms with van der Waals surface area (Å²) in [4.78, 5) is 30.7. The third kappa shape index (κ3) is 5.51. The molecule has 0 unspecified atom stereocenters. The van der Waals surface area contributed by atoms with Crippen molar-refractivity contribution in [2.24, 2.45) is 5.41 Å². The number of para-hydroxylation sites is 1. The maximum absolute atomic E-state index is 13.3. The maximum Gasteiger partial charge on any atom is 0.313 e. The molecule has 1 N–H and O–H groups in total. The first-order chi connectivity index (χ1) is 17.0. The first kappa shape index (κ1) is 24.8. The number of hydrogen-bond acceptors (Lipinski definition) is 8. The van der Waals surface area contributed by atoms with Gasteiger partial charge in [-0.3, -0.25) is 9.59 Å². The van der Waals surface area contributed by atoms with Crippen molar-refractivity contribution in [2.45, 2.75) is 38.5 Å². The van der Waals surface area contributed by atoms with Crippen LogP contribution in [-0.4, -0.2) is 44.8 Å². The van der Waals surface area contributed by atoms with Gasteiger partial charge in [0, 0.05) is 24.2 Å². The van der Waals surface area contributed by atoms with Crippen LogP contribution in [0.3, 0.4) is 0 Å². The van der Waals surface area contributed by atoms with Gasteiger partial charge in [-0.25, -0.2) is 4.98 Å². The topological polar surface area (TPSA) is 96.0 Å². The highest BCUT2D eigenvalue weighted by Crippen LogP contribution is 2.42. The standard InChI is InChI=1S/C26H30N2O6S/c1-31-19-13-17(14-20(32-2)24(19)33-3)27-22(29)16-34-25(30)26(11-7-4-8-12-26)15-23-28-18-9-5-6-10-21(18)35-23/h5-6,9-10,13-14H,4,7-8,11-12,15-16H2,1-3H3,(H,27,29). The Bertz CT molecular complexity index is 1140. The molecule has 0 bridgehead atoms. The number of methoxy groups -OCH3 is 3. The number of fused-ring (bicyclic) bond motifs is 1. The van der Waals surface area contributed by atoms with Gasteiger partial charge < -0.3 is 24.3 Å². The SMILES string of the molecule is COc1cc(NC(=O)COC(=O)C2(Cc3nc4ccccc4s3)CCCCC2)cc(OC)c1OC. The van der Waals surface area contributed by atoms with Gasteiger partial charge in [-0.15, -0.1) is 11.3 Å². The zero-order valence-corrected chi connectivity index (χ0v) is 21.0. The zero-order valence-electron chi connectivity index (χ0n) is 20.2. The monoisotopic (exact) mass is 498 g/mol. The van der Waals surface area contributed by atoms with Crippen molar-refractivity contribution < 1.29 is 28.5 Å². The Balaban J connectivity index is 1.43. The zero-order chi connectivity index (χ0) is 24.8. The van der Waals surface area contributed by atoms with Crippen LogP contribution < -0.4 is 19.5 Å². The van der Waals surface area contributed by atoms with Crippen LogP contribution in [0.2, 0.25) is 0 Å². The van der Waals surface area contributed by atoms with Crippen LogP contribution in [0.15, 0.2) is 36.4 Å². The van der Waals surface area contributed by atoms with Crippen molar-refractivity contribution in [2.75, 3.05) is 33.3 Å². The Kier molecular flexibility index (Phi) is 7.75. The van der Waals surface area contributed by atoms with Gasteiger partial charge in [-0.05, 0) is 25.0 Å². The molecule has 8 nitrogen and oxygen atoms in total. The van der Waals surface area contributed by atoms with E-state index in [4.69, 9.17) is 23.9 Å². The lowest BCUT2D eigenvalue weighted by molar-refractivity contribution is -0.160. The number of carbonyl (C=O) groups is 2. The Labute approximate surface area is 208 Å². The minimum atomic E-state index is -0.654. The van der Waals surface area contributed by atoms with Crippen LogP contribution >= 0.6 is 11.3 Å². The van der Waals surface area contributed by atoms with E-state index >= 15 is 0 Å². The number of anilines is 1. The van der Waals surface area contributed by atoms with E-state index in [1.54, 1.807) is 23.5 Å². The fourth-order valence-electron chi connectivity index (χ4n) is 4.60. The molecule has 4 rings (SSSR count). The largest absolute Gasteiger partial charge is 0.493 e. The van der Waals surface area contributed by atoms with Gasteiger partial charge in [0.2, 0.25) is 5.75 Å². The van der Waals surface area contributed by atoms with E-state index in [2.05, 4.69) is 5.32 Å². The van der Waals surface area contributed by atoms with Crippen molar-refractivity contribution in [3.63, 3.8) is 0 Å². The molecule has 0 saturated heterocycles. The molecule has 1 aromatic heterocycles. The smallest absolute Gasteiger partial charge is 0.313 e. The molecular weight excluding hydrogens is 468 g/mol. The van der Waals surface area contributed by atoms with Gasteiger partial charge in [-0.1, -0.05) is 31.4 Å². The number of hydrogen-bond donors (Lipinski definition) is 1. The molecule has 9 heteroatoms. The fourth-order valence-corrected chi connectivity index (χ4v) is 5.71. The van der Waals surface area contributed by atoms with Gasteiger partial charge in [0.1, 0.15) is 0 Å². The number of ether oxygens (including phenoxy) is 4. The minimum absolute atomic E-state index is 0.337. The van der Waals surface area contributed by atoms with E-state index in [-0.39, 0.29) is 12.6 Å². The third-order valence-corrected chi connectivity index (χ3v) is 7.39. The van der Waals surface area contributed by atoms with Crippen LogP contribution in [0.1, 0.15) is 37.1 Å². The molecule has 0 atom stereocenters. The van der Waals surface area contributed by atoms with E-state index in [1.807, 2.05) is 24.3 Å². The highest BCUT2D eigenvalue weighted by Gasteiger charge is 2.42. The number of rotatable bonds is 9. The second-order valence-corrected chi connectivity index (χ2v) is 9.75. The Morgan fingerprint density at radius 3 is 2.31 bits per heavy atom. The van der Waals surface area contributed by atoms with Crippen LogP contribution in [0.25, 0.3) is 10.2 Å². The summed E-state index contributed by atoms with van der Waals surface area (Å²) in [6.07, 6.45) is 5.00. The van der Waals surface area contributed by atoms with Crippen molar-refractivity contribution in [3.8, 4) is 17.2 Å². The van der Waals surface area contributed by atoms with E-state index in [1.165, 1.54) is 21.3 Å². The molecular formula is C26H30N2O6S. The molecule has 0 aliphatic heterocycles. The fraction of sp³-hybridized carbons (Fsp3) is 0.423. The molecule has 35 heavy (non-hydrogen) atoms. The Morgan fingerprint density at radius 2 is 1.69 bits per heavy atom. The number of nitrogens with one attached hydrogen (secondary N) is 1. The van der Waals surface area contributed by atoms with Crippen molar-refractivity contribution in [1.29, 1.82) is 0 Å². The summed E-state index contributed by atoms with van der Waals surface area (Å²) in [7, 11) is 4.51. The molecule has 2 aromatic carbocycles. The van der Waals surface area contributed by atoms with Crippen LogP contribution in [0.4, 0.5) is 5.69 Å². The molecule has 0 spiro atoms. The molecule has 1 aliphatic rings. The lowest BCUT2D eigenvalue weighted by Gasteiger charge is -2.34. The second-order valence-electron chi connectivity index (χ2n) is 8.63. The molecule has 1 aliphatic carbocycles. The quantitative estimate of drug-likeness (QED) is 0.415. The van der Waals surface area contributed by atoms with Gasteiger partial charge in [0.05, 0.1) is 42.0 Å². The van der Waals surface area contributed by atoms with Gasteiger partial charge in [0.15, 0.2) is 18.1 Å². The lowest BCUT2D eigenvalue weighted by Crippen LogP contribution is -2.38. The summed E-state index contributed by atoms with van der Waals surface area (Å²) in [5.41, 5.74) is 0.734. The number of benzene rings is 2. The normalized spacial score (nSPS) is 14.8.